The quantitative estimate of drug-likeness (QED) is 0.603. The standard InChI is InChI=1S/C16H12F2N2O5/c17-9-1-2-11(12(18)5-9)13-6-10(19-25-13)8-24-16(23)7-20-14(21)3-4-15(20)22/h1-2,5-6H,3-4,7-8H2. The smallest absolute Gasteiger partial charge is 0.326 e. The molecule has 9 heteroatoms. The van der Waals surface area contributed by atoms with Crippen LogP contribution in [-0.4, -0.2) is 34.4 Å². The Bertz CT molecular complexity index is 833. The Balaban J connectivity index is 1.59. The number of hydrogen-bond donors (Lipinski definition) is 0. The van der Waals surface area contributed by atoms with Gasteiger partial charge in [-0.15, -0.1) is 0 Å². The van der Waals surface area contributed by atoms with Crippen molar-refractivity contribution in [3.63, 3.8) is 0 Å². The van der Waals surface area contributed by atoms with Gasteiger partial charge in [0.15, 0.2) is 5.76 Å². The fourth-order valence-electron chi connectivity index (χ4n) is 2.32. The summed E-state index contributed by atoms with van der Waals surface area (Å²) in [6.07, 6.45) is 0.171. The summed E-state index contributed by atoms with van der Waals surface area (Å²) < 4.78 is 36.5. The molecule has 1 aromatic carbocycles. The summed E-state index contributed by atoms with van der Waals surface area (Å²) in [5.74, 6) is -3.10. The molecular formula is C16H12F2N2O5. The second-order valence-corrected chi connectivity index (χ2v) is 5.34. The number of amides is 2. The van der Waals surface area contributed by atoms with E-state index in [1.165, 1.54) is 12.1 Å². The minimum atomic E-state index is -0.814. The highest BCUT2D eigenvalue weighted by Crippen LogP contribution is 2.24. The van der Waals surface area contributed by atoms with Gasteiger partial charge in [-0.1, -0.05) is 5.16 Å². The zero-order chi connectivity index (χ0) is 18.0. The van der Waals surface area contributed by atoms with Gasteiger partial charge in [0.05, 0.1) is 5.56 Å². The summed E-state index contributed by atoms with van der Waals surface area (Å²) in [4.78, 5) is 35.4. The third-order valence-corrected chi connectivity index (χ3v) is 3.58. The van der Waals surface area contributed by atoms with Gasteiger partial charge in [0, 0.05) is 25.0 Å². The van der Waals surface area contributed by atoms with Crippen LogP contribution in [0.4, 0.5) is 8.78 Å². The van der Waals surface area contributed by atoms with Crippen molar-refractivity contribution in [1.82, 2.24) is 10.1 Å². The topological polar surface area (TPSA) is 89.7 Å². The lowest BCUT2D eigenvalue weighted by Crippen LogP contribution is -2.35. The number of imide groups is 1. The van der Waals surface area contributed by atoms with Gasteiger partial charge >= 0.3 is 5.97 Å². The number of benzene rings is 1. The average molecular weight is 350 g/mol. The molecule has 2 amide bonds. The number of carbonyl (C=O) groups excluding carboxylic acids is 3. The molecule has 2 aromatic rings. The van der Waals surface area contributed by atoms with Gasteiger partial charge in [0.25, 0.3) is 0 Å². The molecule has 2 heterocycles. The predicted octanol–water partition coefficient (Wildman–Crippen LogP) is 1.81. The minimum Gasteiger partial charge on any atom is -0.458 e. The number of aromatic nitrogens is 1. The first-order valence-corrected chi connectivity index (χ1v) is 7.34. The van der Waals surface area contributed by atoms with E-state index in [9.17, 15) is 23.2 Å². The number of likely N-dealkylation sites (tertiary alicyclic amines) is 1. The number of rotatable bonds is 5. The molecule has 0 spiro atoms. The van der Waals surface area contributed by atoms with Crippen LogP contribution in [-0.2, 0) is 25.7 Å². The fourth-order valence-corrected chi connectivity index (χ4v) is 2.32. The van der Waals surface area contributed by atoms with Gasteiger partial charge in [-0.2, -0.15) is 0 Å². The van der Waals surface area contributed by atoms with E-state index in [0.717, 1.165) is 11.0 Å². The van der Waals surface area contributed by atoms with Crippen molar-refractivity contribution in [2.75, 3.05) is 6.54 Å². The van der Waals surface area contributed by atoms with E-state index < -0.39 is 36.0 Å². The van der Waals surface area contributed by atoms with Crippen LogP contribution in [0.3, 0.4) is 0 Å². The molecule has 0 unspecified atom stereocenters. The van der Waals surface area contributed by atoms with Crippen molar-refractivity contribution >= 4 is 17.8 Å². The average Bonchev–Trinajstić information content (AvgIpc) is 3.15. The van der Waals surface area contributed by atoms with E-state index in [1.54, 1.807) is 0 Å². The maximum atomic E-state index is 13.7. The van der Waals surface area contributed by atoms with Gasteiger partial charge in [0.1, 0.15) is 30.5 Å². The Morgan fingerprint density at radius 1 is 1.20 bits per heavy atom. The summed E-state index contributed by atoms with van der Waals surface area (Å²) in [7, 11) is 0. The number of ether oxygens (including phenoxy) is 1. The first-order chi connectivity index (χ1) is 11.9. The third kappa shape index (κ3) is 3.70. The lowest BCUT2D eigenvalue weighted by atomic mass is 10.1. The summed E-state index contributed by atoms with van der Waals surface area (Å²) in [5, 5.41) is 3.63. The second kappa shape index (κ2) is 6.80. The van der Waals surface area contributed by atoms with E-state index in [1.807, 2.05) is 0 Å². The molecule has 1 aromatic heterocycles. The predicted molar refractivity (Wildman–Crippen MR) is 77.6 cm³/mol. The lowest BCUT2D eigenvalue weighted by molar-refractivity contribution is -0.153. The Hall–Kier alpha value is -3.10. The van der Waals surface area contributed by atoms with E-state index in [-0.39, 0.29) is 36.5 Å². The van der Waals surface area contributed by atoms with Crippen LogP contribution in [0.15, 0.2) is 28.8 Å². The molecule has 0 atom stereocenters. The molecule has 0 saturated carbocycles. The number of hydrogen-bond acceptors (Lipinski definition) is 6. The lowest BCUT2D eigenvalue weighted by Gasteiger charge is -2.12. The molecule has 1 aliphatic rings. The minimum absolute atomic E-state index is 0.0136. The molecule has 1 saturated heterocycles. The zero-order valence-corrected chi connectivity index (χ0v) is 12.8. The highest BCUT2D eigenvalue weighted by molar-refractivity contribution is 6.04. The van der Waals surface area contributed by atoms with Crippen LogP contribution in [0.2, 0.25) is 0 Å². The molecule has 7 nitrogen and oxygen atoms in total. The Kier molecular flexibility index (Phi) is 4.55. The van der Waals surface area contributed by atoms with Gasteiger partial charge in [-0.25, -0.2) is 8.78 Å². The molecule has 0 bridgehead atoms. The van der Waals surface area contributed by atoms with Crippen molar-refractivity contribution in [1.29, 1.82) is 0 Å². The van der Waals surface area contributed by atoms with E-state index in [2.05, 4.69) is 5.16 Å². The van der Waals surface area contributed by atoms with Crippen LogP contribution in [0.25, 0.3) is 11.3 Å². The summed E-state index contributed by atoms with van der Waals surface area (Å²) >= 11 is 0. The van der Waals surface area contributed by atoms with E-state index in [0.29, 0.717) is 6.07 Å². The van der Waals surface area contributed by atoms with Crippen LogP contribution in [0.5, 0.6) is 0 Å². The van der Waals surface area contributed by atoms with Crippen molar-refractivity contribution < 1.29 is 32.4 Å². The Morgan fingerprint density at radius 3 is 2.60 bits per heavy atom. The number of carbonyl (C=O) groups is 3. The number of esters is 1. The molecular weight excluding hydrogens is 338 g/mol. The van der Waals surface area contributed by atoms with Crippen molar-refractivity contribution in [2.24, 2.45) is 0 Å². The van der Waals surface area contributed by atoms with Crippen LogP contribution >= 0.6 is 0 Å². The summed E-state index contributed by atoms with van der Waals surface area (Å²) in [6.45, 7) is -0.740. The monoisotopic (exact) mass is 350 g/mol. The molecule has 0 aliphatic carbocycles. The SMILES string of the molecule is O=C(CN1C(=O)CCC1=O)OCc1cc(-c2ccc(F)cc2F)on1. The largest absolute Gasteiger partial charge is 0.458 e. The van der Waals surface area contributed by atoms with Gasteiger partial charge in [-0.3, -0.25) is 19.3 Å². The third-order valence-electron chi connectivity index (χ3n) is 3.58. The van der Waals surface area contributed by atoms with E-state index in [4.69, 9.17) is 9.26 Å². The van der Waals surface area contributed by atoms with Gasteiger partial charge < -0.3 is 9.26 Å². The molecule has 130 valence electrons. The zero-order valence-electron chi connectivity index (χ0n) is 12.8. The first-order valence-electron chi connectivity index (χ1n) is 7.34. The van der Waals surface area contributed by atoms with Crippen molar-refractivity contribution in [3.8, 4) is 11.3 Å². The Labute approximate surface area is 140 Å². The van der Waals surface area contributed by atoms with Crippen molar-refractivity contribution in [3.05, 3.63) is 41.6 Å². The molecule has 1 aliphatic heterocycles. The number of nitrogens with zero attached hydrogens (tertiary/aromatic N) is 2. The molecule has 1 fully saturated rings. The first kappa shape index (κ1) is 16.7. The van der Waals surface area contributed by atoms with E-state index >= 15 is 0 Å². The van der Waals surface area contributed by atoms with Crippen LogP contribution in [0.1, 0.15) is 18.5 Å². The summed E-state index contributed by atoms with van der Waals surface area (Å²) in [6, 6.07) is 4.33. The van der Waals surface area contributed by atoms with Crippen LogP contribution < -0.4 is 0 Å². The number of halogens is 2. The molecule has 0 radical (unpaired) electrons. The maximum absolute atomic E-state index is 13.7. The maximum Gasteiger partial charge on any atom is 0.326 e. The fraction of sp³-hybridized carbons (Fsp3) is 0.250. The summed E-state index contributed by atoms with van der Waals surface area (Å²) in [5.41, 5.74) is 0.214. The molecule has 0 N–H and O–H groups in total. The molecule has 3 rings (SSSR count). The highest BCUT2D eigenvalue weighted by Gasteiger charge is 2.31. The van der Waals surface area contributed by atoms with Gasteiger partial charge in [-0.05, 0) is 12.1 Å². The Morgan fingerprint density at radius 2 is 1.92 bits per heavy atom. The highest BCUT2D eigenvalue weighted by atomic mass is 19.1. The normalized spacial score (nSPS) is 14.2. The molecule has 25 heavy (non-hydrogen) atoms. The van der Waals surface area contributed by atoms with Gasteiger partial charge in [0.2, 0.25) is 11.8 Å². The van der Waals surface area contributed by atoms with Crippen LogP contribution in [0, 0.1) is 11.6 Å². The second-order valence-electron chi connectivity index (χ2n) is 5.34. The van der Waals surface area contributed by atoms with Crippen molar-refractivity contribution in [2.45, 2.75) is 19.4 Å².